The molecule has 1 aliphatic carbocycles. The van der Waals surface area contributed by atoms with Crippen molar-refractivity contribution in [1.82, 2.24) is 4.90 Å². The molecule has 1 saturated heterocycles. The summed E-state index contributed by atoms with van der Waals surface area (Å²) in [6, 6.07) is 0. The summed E-state index contributed by atoms with van der Waals surface area (Å²) in [4.78, 5) is 2.68. The van der Waals surface area contributed by atoms with Gasteiger partial charge in [-0.1, -0.05) is 27.7 Å². The predicted octanol–water partition coefficient (Wildman–Crippen LogP) is 2.87. The van der Waals surface area contributed by atoms with Gasteiger partial charge in [0.15, 0.2) is 0 Å². The minimum atomic E-state index is 0.844. The third-order valence-corrected chi connectivity index (χ3v) is 3.81. The molecule has 0 aromatic heterocycles. The Labute approximate surface area is 88.9 Å². The van der Waals surface area contributed by atoms with Gasteiger partial charge < -0.3 is 4.90 Å². The van der Waals surface area contributed by atoms with E-state index in [1.807, 2.05) is 0 Å². The SMILES string of the molecule is CC(C)CC1C2CN(CC(C)C)CC12. The first kappa shape index (κ1) is 10.5. The van der Waals surface area contributed by atoms with E-state index < -0.39 is 0 Å². The molecule has 82 valence electrons. The number of hydrogen-bond acceptors (Lipinski definition) is 1. The Morgan fingerprint density at radius 2 is 1.57 bits per heavy atom. The zero-order valence-corrected chi connectivity index (χ0v) is 10.2. The molecule has 1 saturated carbocycles. The van der Waals surface area contributed by atoms with E-state index in [2.05, 4.69) is 32.6 Å². The van der Waals surface area contributed by atoms with Gasteiger partial charge in [-0.05, 0) is 36.0 Å². The summed E-state index contributed by atoms with van der Waals surface area (Å²) in [6.07, 6.45) is 1.48. The molecule has 2 atom stereocenters. The Balaban J connectivity index is 1.71. The van der Waals surface area contributed by atoms with Crippen molar-refractivity contribution in [2.45, 2.75) is 34.1 Å². The molecule has 2 fully saturated rings. The molecule has 1 heterocycles. The standard InChI is InChI=1S/C13H25N/c1-9(2)5-11-12-7-14(6-10(3)4)8-13(11)12/h9-13H,5-8H2,1-4H3. The van der Waals surface area contributed by atoms with Gasteiger partial charge in [-0.25, -0.2) is 0 Å². The average molecular weight is 195 g/mol. The van der Waals surface area contributed by atoms with Crippen molar-refractivity contribution in [2.75, 3.05) is 19.6 Å². The number of rotatable bonds is 4. The van der Waals surface area contributed by atoms with Crippen LogP contribution in [0.25, 0.3) is 0 Å². The van der Waals surface area contributed by atoms with Gasteiger partial charge in [0.2, 0.25) is 0 Å². The van der Waals surface area contributed by atoms with Crippen LogP contribution in [0.1, 0.15) is 34.1 Å². The molecule has 0 aromatic rings. The first-order valence-electron chi connectivity index (χ1n) is 6.30. The fourth-order valence-corrected chi connectivity index (χ4v) is 3.30. The first-order valence-corrected chi connectivity index (χ1v) is 6.30. The van der Waals surface area contributed by atoms with E-state index in [0.717, 1.165) is 29.6 Å². The minimum Gasteiger partial charge on any atom is -0.302 e. The highest BCUT2D eigenvalue weighted by Crippen LogP contribution is 2.54. The number of piperidine rings is 1. The molecule has 1 aliphatic heterocycles. The van der Waals surface area contributed by atoms with Crippen LogP contribution in [-0.4, -0.2) is 24.5 Å². The number of likely N-dealkylation sites (tertiary alicyclic amines) is 1. The number of nitrogens with zero attached hydrogens (tertiary/aromatic N) is 1. The van der Waals surface area contributed by atoms with Crippen molar-refractivity contribution in [3.05, 3.63) is 0 Å². The number of hydrogen-bond donors (Lipinski definition) is 0. The van der Waals surface area contributed by atoms with E-state index in [1.165, 1.54) is 26.1 Å². The Hall–Kier alpha value is -0.0400. The molecule has 0 spiro atoms. The highest BCUT2D eigenvalue weighted by atomic mass is 15.2. The fraction of sp³-hybridized carbons (Fsp3) is 1.00. The van der Waals surface area contributed by atoms with E-state index in [4.69, 9.17) is 0 Å². The van der Waals surface area contributed by atoms with E-state index in [9.17, 15) is 0 Å². The molecular weight excluding hydrogens is 170 g/mol. The van der Waals surface area contributed by atoms with Gasteiger partial charge in [-0.3, -0.25) is 0 Å². The highest BCUT2D eigenvalue weighted by molar-refractivity contribution is 5.05. The summed E-state index contributed by atoms with van der Waals surface area (Å²) in [5.41, 5.74) is 0. The monoisotopic (exact) mass is 195 g/mol. The smallest absolute Gasteiger partial charge is 0.00159 e. The van der Waals surface area contributed by atoms with Gasteiger partial charge in [0, 0.05) is 19.6 Å². The van der Waals surface area contributed by atoms with E-state index in [-0.39, 0.29) is 0 Å². The Kier molecular flexibility index (Phi) is 2.88. The molecule has 0 amide bonds. The predicted molar refractivity (Wildman–Crippen MR) is 61.2 cm³/mol. The summed E-state index contributed by atoms with van der Waals surface area (Å²) in [7, 11) is 0. The van der Waals surface area contributed by atoms with Crippen LogP contribution in [0.3, 0.4) is 0 Å². The summed E-state index contributed by atoms with van der Waals surface area (Å²) in [6.45, 7) is 13.5. The summed E-state index contributed by atoms with van der Waals surface area (Å²) in [5, 5.41) is 0. The molecule has 0 aromatic carbocycles. The Bertz CT molecular complexity index is 177. The van der Waals surface area contributed by atoms with Crippen molar-refractivity contribution in [1.29, 1.82) is 0 Å². The van der Waals surface area contributed by atoms with Crippen molar-refractivity contribution < 1.29 is 0 Å². The fourth-order valence-electron chi connectivity index (χ4n) is 3.30. The van der Waals surface area contributed by atoms with Gasteiger partial charge in [0.25, 0.3) is 0 Å². The van der Waals surface area contributed by atoms with E-state index in [1.54, 1.807) is 0 Å². The van der Waals surface area contributed by atoms with Gasteiger partial charge in [-0.2, -0.15) is 0 Å². The second-order valence-electron chi connectivity index (χ2n) is 6.23. The molecule has 2 aliphatic rings. The third kappa shape index (κ3) is 2.13. The zero-order valence-electron chi connectivity index (χ0n) is 10.2. The van der Waals surface area contributed by atoms with Crippen molar-refractivity contribution in [3.63, 3.8) is 0 Å². The van der Waals surface area contributed by atoms with Crippen LogP contribution in [0.4, 0.5) is 0 Å². The Morgan fingerprint density at radius 3 is 2.00 bits per heavy atom. The van der Waals surface area contributed by atoms with Gasteiger partial charge in [0.05, 0.1) is 0 Å². The maximum Gasteiger partial charge on any atom is 0.00159 e. The van der Waals surface area contributed by atoms with Gasteiger partial charge >= 0.3 is 0 Å². The molecule has 1 heteroatoms. The molecule has 2 rings (SSSR count). The normalized spacial score (nSPS) is 36.9. The van der Waals surface area contributed by atoms with Crippen molar-refractivity contribution in [2.24, 2.45) is 29.6 Å². The van der Waals surface area contributed by atoms with Crippen LogP contribution >= 0.6 is 0 Å². The minimum absolute atomic E-state index is 0.844. The van der Waals surface area contributed by atoms with Crippen molar-refractivity contribution in [3.8, 4) is 0 Å². The van der Waals surface area contributed by atoms with Crippen molar-refractivity contribution >= 4 is 0 Å². The number of fused-ring (bicyclic) bond motifs is 1. The quantitative estimate of drug-likeness (QED) is 0.667. The summed E-state index contributed by atoms with van der Waals surface area (Å²) >= 11 is 0. The molecular formula is C13H25N. The maximum absolute atomic E-state index is 2.68. The topological polar surface area (TPSA) is 3.24 Å². The van der Waals surface area contributed by atoms with Crippen LogP contribution in [0.15, 0.2) is 0 Å². The molecule has 2 unspecified atom stereocenters. The molecule has 1 nitrogen and oxygen atoms in total. The largest absolute Gasteiger partial charge is 0.302 e. The lowest BCUT2D eigenvalue weighted by atomic mass is 10.0. The van der Waals surface area contributed by atoms with E-state index in [0.29, 0.717) is 0 Å². The van der Waals surface area contributed by atoms with Crippen LogP contribution in [0.5, 0.6) is 0 Å². The summed E-state index contributed by atoms with van der Waals surface area (Å²) in [5.74, 6) is 5.01. The summed E-state index contributed by atoms with van der Waals surface area (Å²) < 4.78 is 0. The second kappa shape index (κ2) is 3.84. The zero-order chi connectivity index (χ0) is 10.3. The third-order valence-electron chi connectivity index (χ3n) is 3.81. The van der Waals surface area contributed by atoms with Gasteiger partial charge in [-0.15, -0.1) is 0 Å². The van der Waals surface area contributed by atoms with Crippen LogP contribution in [0.2, 0.25) is 0 Å². The van der Waals surface area contributed by atoms with E-state index >= 15 is 0 Å². The van der Waals surface area contributed by atoms with Crippen LogP contribution in [-0.2, 0) is 0 Å². The average Bonchev–Trinajstić information content (AvgIpc) is 2.55. The second-order valence-corrected chi connectivity index (χ2v) is 6.23. The molecule has 14 heavy (non-hydrogen) atoms. The van der Waals surface area contributed by atoms with Crippen LogP contribution in [0, 0.1) is 29.6 Å². The van der Waals surface area contributed by atoms with Gasteiger partial charge in [0.1, 0.15) is 0 Å². The maximum atomic E-state index is 2.68. The lowest BCUT2D eigenvalue weighted by Crippen LogP contribution is -2.28. The first-order chi connectivity index (χ1) is 6.58. The van der Waals surface area contributed by atoms with Crippen LogP contribution < -0.4 is 0 Å². The lowest BCUT2D eigenvalue weighted by molar-refractivity contribution is 0.248. The lowest BCUT2D eigenvalue weighted by Gasteiger charge is -2.21. The molecule has 0 radical (unpaired) electrons. The highest BCUT2D eigenvalue weighted by Gasteiger charge is 2.54. The Morgan fingerprint density at radius 1 is 1.00 bits per heavy atom. The molecule has 0 N–H and O–H groups in total. The molecule has 0 bridgehead atoms.